The van der Waals surface area contributed by atoms with Gasteiger partial charge >= 0.3 is 5.97 Å². The molecule has 1 aliphatic heterocycles. The third-order valence-electron chi connectivity index (χ3n) is 6.26. The van der Waals surface area contributed by atoms with Crippen molar-refractivity contribution in [1.82, 2.24) is 15.2 Å². The molecule has 2 aromatic rings. The zero-order valence-corrected chi connectivity index (χ0v) is 21.0. The highest BCUT2D eigenvalue weighted by atomic mass is 16.5. The quantitative estimate of drug-likeness (QED) is 0.278. The number of nitrogens with one attached hydrogen (secondary N) is 1. The molecule has 2 amide bonds. The van der Waals surface area contributed by atoms with E-state index in [9.17, 15) is 14.4 Å². The van der Waals surface area contributed by atoms with Gasteiger partial charge in [-0.15, -0.1) is 0 Å². The van der Waals surface area contributed by atoms with E-state index in [0.717, 1.165) is 23.5 Å². The Morgan fingerprint density at radius 3 is 2.50 bits per heavy atom. The van der Waals surface area contributed by atoms with Gasteiger partial charge in [0.05, 0.1) is 6.42 Å². The molecule has 1 atom stereocenters. The van der Waals surface area contributed by atoms with Crippen LogP contribution in [0.25, 0.3) is 0 Å². The fourth-order valence-electron chi connectivity index (χ4n) is 4.23. The monoisotopic (exact) mass is 492 g/mol. The number of amides is 2. The number of unbranched alkanes of at least 4 members (excludes halogenated alkanes) is 1. The largest absolute Gasteiger partial charge is 0.461 e. The van der Waals surface area contributed by atoms with Gasteiger partial charge in [0.15, 0.2) is 0 Å². The number of aromatic nitrogens is 1. The van der Waals surface area contributed by atoms with Gasteiger partial charge in [-0.3, -0.25) is 14.4 Å². The summed E-state index contributed by atoms with van der Waals surface area (Å²) < 4.78 is 5.46. The third-order valence-corrected chi connectivity index (χ3v) is 6.26. The van der Waals surface area contributed by atoms with Crippen LogP contribution >= 0.6 is 0 Å². The van der Waals surface area contributed by atoms with Crippen molar-refractivity contribution >= 4 is 23.6 Å². The van der Waals surface area contributed by atoms with E-state index in [0.29, 0.717) is 45.6 Å². The number of hydrogen-bond acceptors (Lipinski definition) is 6. The summed E-state index contributed by atoms with van der Waals surface area (Å²) in [5.74, 6) is -0.136. The second-order valence-electron chi connectivity index (χ2n) is 8.99. The van der Waals surface area contributed by atoms with Gasteiger partial charge in [0.2, 0.25) is 11.8 Å². The van der Waals surface area contributed by atoms with E-state index in [2.05, 4.69) is 21.8 Å². The molecule has 0 unspecified atom stereocenters. The highest BCUT2D eigenvalue weighted by molar-refractivity contribution is 5.86. The fraction of sp³-hybridized carbons (Fsp3) is 0.429. The Balaban J connectivity index is 1.54. The average Bonchev–Trinajstić information content (AvgIpc) is 2.91. The minimum atomic E-state index is -0.452. The van der Waals surface area contributed by atoms with Gasteiger partial charge in [0.25, 0.3) is 0 Å². The number of esters is 1. The van der Waals surface area contributed by atoms with Gasteiger partial charge in [0, 0.05) is 44.3 Å². The third kappa shape index (κ3) is 8.52. The molecule has 2 heterocycles. The Bertz CT molecular complexity index is 1020. The molecular weight excluding hydrogens is 456 g/mol. The lowest BCUT2D eigenvalue weighted by Crippen LogP contribution is -2.51. The summed E-state index contributed by atoms with van der Waals surface area (Å²) in [5.41, 5.74) is 1.87. The van der Waals surface area contributed by atoms with Crippen LogP contribution < -0.4 is 10.2 Å². The second kappa shape index (κ2) is 14.0. The van der Waals surface area contributed by atoms with Crippen molar-refractivity contribution in [3.63, 3.8) is 0 Å². The van der Waals surface area contributed by atoms with Crippen molar-refractivity contribution in [2.45, 2.75) is 39.2 Å². The van der Waals surface area contributed by atoms with Gasteiger partial charge in [-0.25, -0.2) is 4.98 Å². The van der Waals surface area contributed by atoms with Crippen molar-refractivity contribution in [1.29, 1.82) is 0 Å². The molecule has 0 saturated carbocycles. The molecule has 1 N–H and O–H groups in total. The van der Waals surface area contributed by atoms with Crippen LogP contribution in [-0.2, 0) is 25.7 Å². The number of hydrogen-bond donors (Lipinski definition) is 1. The molecule has 1 aromatic carbocycles. The Hall–Kier alpha value is -3.68. The molecule has 1 aliphatic rings. The summed E-state index contributed by atoms with van der Waals surface area (Å²) in [6, 6.07) is 15.4. The molecule has 8 nitrogen and oxygen atoms in total. The first-order valence-corrected chi connectivity index (χ1v) is 12.5. The normalized spacial score (nSPS) is 14.1. The van der Waals surface area contributed by atoms with Crippen LogP contribution in [0.15, 0.2) is 61.2 Å². The average molecular weight is 493 g/mol. The first kappa shape index (κ1) is 26.9. The Morgan fingerprint density at radius 2 is 1.81 bits per heavy atom. The molecule has 8 heteroatoms. The maximum Gasteiger partial charge on any atom is 0.306 e. The Labute approximate surface area is 213 Å². The predicted molar refractivity (Wildman–Crippen MR) is 139 cm³/mol. The molecule has 0 radical (unpaired) electrons. The molecule has 192 valence electrons. The molecular formula is C28H36N4O4. The Kier molecular flexibility index (Phi) is 10.5. The predicted octanol–water partition coefficient (Wildman–Crippen LogP) is 3.26. The van der Waals surface area contributed by atoms with E-state index in [1.807, 2.05) is 60.4 Å². The number of benzene rings is 1. The molecule has 1 fully saturated rings. The molecule has 1 saturated heterocycles. The van der Waals surface area contributed by atoms with Crippen molar-refractivity contribution in [3.05, 3.63) is 72.4 Å². The van der Waals surface area contributed by atoms with E-state index < -0.39 is 5.92 Å². The van der Waals surface area contributed by atoms with E-state index in [-0.39, 0.29) is 30.8 Å². The van der Waals surface area contributed by atoms with Gasteiger partial charge in [-0.05, 0) is 43.5 Å². The number of nitrogens with zero attached hydrogens (tertiary/aromatic N) is 3. The lowest BCUT2D eigenvalue weighted by atomic mass is 9.96. The van der Waals surface area contributed by atoms with Crippen molar-refractivity contribution in [3.8, 4) is 0 Å². The molecule has 1 aromatic heterocycles. The van der Waals surface area contributed by atoms with Crippen LogP contribution in [0.4, 0.5) is 5.82 Å². The fourth-order valence-corrected chi connectivity index (χ4v) is 4.23. The number of aryl methyl sites for hydroxylation is 1. The smallest absolute Gasteiger partial charge is 0.306 e. The standard InChI is InChI=1S/C28H36N4O4/c1-3-26(33)29-15-8-7-13-24(20-27(34)36-21-23-11-5-4-6-12-23)28(35)32-18-16-31(17-19-32)25-14-9-10-22(2)30-25/h3-6,9-12,14,24H,1,7-8,13,15-21H2,2H3,(H,29,33)/t24-/m1/s1. The lowest BCUT2D eigenvalue weighted by Gasteiger charge is -2.37. The van der Waals surface area contributed by atoms with Crippen LogP contribution in [0.2, 0.25) is 0 Å². The highest BCUT2D eigenvalue weighted by Crippen LogP contribution is 2.21. The van der Waals surface area contributed by atoms with Gasteiger partial charge in [-0.2, -0.15) is 0 Å². The summed E-state index contributed by atoms with van der Waals surface area (Å²) in [7, 11) is 0. The maximum absolute atomic E-state index is 13.4. The lowest BCUT2D eigenvalue weighted by molar-refractivity contribution is -0.150. The maximum atomic E-state index is 13.4. The van der Waals surface area contributed by atoms with Crippen LogP contribution in [-0.4, -0.2) is 60.4 Å². The molecule has 36 heavy (non-hydrogen) atoms. The summed E-state index contributed by atoms with van der Waals surface area (Å²) in [4.78, 5) is 46.0. The number of ether oxygens (including phenoxy) is 1. The van der Waals surface area contributed by atoms with Crippen LogP contribution in [0.5, 0.6) is 0 Å². The summed E-state index contributed by atoms with van der Waals surface area (Å²) >= 11 is 0. The van der Waals surface area contributed by atoms with Gasteiger partial charge < -0.3 is 19.9 Å². The minimum absolute atomic E-state index is 0.0151. The molecule has 0 spiro atoms. The van der Waals surface area contributed by atoms with Crippen LogP contribution in [0.1, 0.15) is 36.9 Å². The Morgan fingerprint density at radius 1 is 1.06 bits per heavy atom. The zero-order valence-electron chi connectivity index (χ0n) is 21.0. The number of anilines is 1. The molecule has 0 bridgehead atoms. The van der Waals surface area contributed by atoms with E-state index in [1.54, 1.807) is 0 Å². The second-order valence-corrected chi connectivity index (χ2v) is 8.99. The molecule has 3 rings (SSSR count). The van der Waals surface area contributed by atoms with E-state index in [1.165, 1.54) is 6.08 Å². The summed E-state index contributed by atoms with van der Waals surface area (Å²) in [5, 5.41) is 2.75. The highest BCUT2D eigenvalue weighted by Gasteiger charge is 2.29. The number of pyridine rings is 1. The first-order valence-electron chi connectivity index (χ1n) is 12.5. The zero-order chi connectivity index (χ0) is 25.8. The number of carbonyl (C=O) groups is 3. The van der Waals surface area contributed by atoms with E-state index in [4.69, 9.17) is 4.74 Å². The van der Waals surface area contributed by atoms with Crippen molar-refractivity contribution < 1.29 is 19.1 Å². The van der Waals surface area contributed by atoms with Crippen LogP contribution in [0, 0.1) is 12.8 Å². The first-order chi connectivity index (χ1) is 17.5. The van der Waals surface area contributed by atoms with Crippen LogP contribution in [0.3, 0.4) is 0 Å². The number of rotatable bonds is 12. The minimum Gasteiger partial charge on any atom is -0.461 e. The summed E-state index contributed by atoms with van der Waals surface area (Å²) in [6.45, 7) is 8.66. The summed E-state index contributed by atoms with van der Waals surface area (Å²) in [6.07, 6.45) is 3.27. The number of carbonyl (C=O) groups excluding carboxylic acids is 3. The van der Waals surface area contributed by atoms with Gasteiger partial charge in [-0.1, -0.05) is 49.4 Å². The van der Waals surface area contributed by atoms with E-state index >= 15 is 0 Å². The topological polar surface area (TPSA) is 91.8 Å². The van der Waals surface area contributed by atoms with Crippen molar-refractivity contribution in [2.24, 2.45) is 5.92 Å². The SMILES string of the molecule is C=CC(=O)NCCCC[C@H](CC(=O)OCc1ccccc1)C(=O)N1CCN(c2cccc(C)n2)CC1. The molecule has 0 aliphatic carbocycles. The van der Waals surface area contributed by atoms with Gasteiger partial charge in [0.1, 0.15) is 12.4 Å². The number of piperazine rings is 1. The van der Waals surface area contributed by atoms with Crippen molar-refractivity contribution in [2.75, 3.05) is 37.6 Å².